The predicted molar refractivity (Wildman–Crippen MR) is 119 cm³/mol. The molecule has 1 saturated heterocycles. The lowest BCUT2D eigenvalue weighted by atomic mass is 10.1. The second-order valence-corrected chi connectivity index (χ2v) is 9.75. The van der Waals surface area contributed by atoms with E-state index >= 15 is 0 Å². The van der Waals surface area contributed by atoms with Crippen molar-refractivity contribution in [1.29, 1.82) is 0 Å². The maximum atomic E-state index is 12.5. The van der Waals surface area contributed by atoms with Crippen molar-refractivity contribution in [3.63, 3.8) is 0 Å². The van der Waals surface area contributed by atoms with E-state index in [-0.39, 0.29) is 6.03 Å². The average molecular weight is 423 g/mol. The summed E-state index contributed by atoms with van der Waals surface area (Å²) in [4.78, 5) is 17.3. The summed E-state index contributed by atoms with van der Waals surface area (Å²) in [6.45, 7) is 8.45. The Morgan fingerprint density at radius 1 is 1.43 bits per heavy atom. The first kappa shape index (κ1) is 21.0. The Balaban J connectivity index is 1.65. The van der Waals surface area contributed by atoms with Gasteiger partial charge in [-0.3, -0.25) is 13.7 Å². The van der Waals surface area contributed by atoms with Crippen LogP contribution >= 0.6 is 23.5 Å². The van der Waals surface area contributed by atoms with Crippen LogP contribution in [0.4, 0.5) is 16.2 Å². The van der Waals surface area contributed by atoms with Crippen molar-refractivity contribution in [3.8, 4) is 0 Å². The highest BCUT2D eigenvalue weighted by Gasteiger charge is 2.26. The molecule has 3 rings (SSSR count). The van der Waals surface area contributed by atoms with Gasteiger partial charge in [-0.15, -0.1) is 11.3 Å². The molecule has 0 bridgehead atoms. The molecule has 1 aliphatic rings. The minimum absolute atomic E-state index is 0.209. The topological polar surface area (TPSA) is 65.4 Å². The Labute approximate surface area is 175 Å². The lowest BCUT2D eigenvalue weighted by Crippen LogP contribution is -2.45. The fraction of sp³-hybridized carbons (Fsp3) is 0.579. The van der Waals surface area contributed by atoms with Crippen LogP contribution < -0.4 is 14.3 Å². The van der Waals surface area contributed by atoms with Crippen LogP contribution in [0.1, 0.15) is 42.4 Å². The van der Waals surface area contributed by atoms with Crippen molar-refractivity contribution in [2.75, 3.05) is 29.8 Å². The zero-order chi connectivity index (χ0) is 20.3. The zero-order valence-corrected chi connectivity index (χ0v) is 18.9. The number of nitrogens with one attached hydrogen (secondary N) is 2. The van der Waals surface area contributed by atoms with Crippen molar-refractivity contribution >= 4 is 40.9 Å². The van der Waals surface area contributed by atoms with Gasteiger partial charge in [0.15, 0.2) is 0 Å². The molecule has 0 saturated carbocycles. The SMILES string of the molecule is Cc1sc(C(C)C)cc1NC(=O)NSN(c1cnn(C)c1)C1CCCN(C)C1. The molecular weight excluding hydrogens is 392 g/mol. The van der Waals surface area contributed by atoms with Gasteiger partial charge >= 0.3 is 6.03 Å². The Morgan fingerprint density at radius 2 is 2.21 bits per heavy atom. The van der Waals surface area contributed by atoms with Crippen molar-refractivity contribution in [1.82, 2.24) is 19.4 Å². The van der Waals surface area contributed by atoms with E-state index in [0.29, 0.717) is 12.0 Å². The quantitative estimate of drug-likeness (QED) is 0.683. The van der Waals surface area contributed by atoms with E-state index in [1.807, 2.05) is 26.4 Å². The van der Waals surface area contributed by atoms with Gasteiger partial charge in [0.25, 0.3) is 0 Å². The number of urea groups is 1. The van der Waals surface area contributed by atoms with Gasteiger partial charge in [0.2, 0.25) is 0 Å². The van der Waals surface area contributed by atoms with E-state index < -0.39 is 0 Å². The molecule has 0 aliphatic carbocycles. The molecule has 0 aromatic carbocycles. The summed E-state index contributed by atoms with van der Waals surface area (Å²) in [5.74, 6) is 0.459. The van der Waals surface area contributed by atoms with E-state index in [2.05, 4.69) is 51.3 Å². The first-order chi connectivity index (χ1) is 13.3. The summed E-state index contributed by atoms with van der Waals surface area (Å²) in [7, 11) is 4.05. The molecule has 3 heterocycles. The molecular formula is C19H30N6OS2. The Bertz CT molecular complexity index is 802. The van der Waals surface area contributed by atoms with E-state index in [4.69, 9.17) is 0 Å². The minimum Gasteiger partial charge on any atom is -0.306 e. The number of hydrogen-bond donors (Lipinski definition) is 2. The summed E-state index contributed by atoms with van der Waals surface area (Å²) in [6, 6.07) is 2.19. The summed E-state index contributed by atoms with van der Waals surface area (Å²) in [5, 5.41) is 7.29. The molecule has 28 heavy (non-hydrogen) atoms. The van der Waals surface area contributed by atoms with Crippen molar-refractivity contribution in [2.24, 2.45) is 7.05 Å². The summed E-state index contributed by atoms with van der Waals surface area (Å²) < 4.78 is 6.92. The van der Waals surface area contributed by atoms with Crippen LogP contribution in [0.5, 0.6) is 0 Å². The summed E-state index contributed by atoms with van der Waals surface area (Å²) in [6.07, 6.45) is 6.08. The molecule has 2 N–H and O–H groups in total. The number of carbonyl (C=O) groups excluding carboxylic acids is 1. The maximum absolute atomic E-state index is 12.5. The highest BCUT2D eigenvalue weighted by Crippen LogP contribution is 2.32. The number of piperidine rings is 1. The molecule has 0 spiro atoms. The molecule has 9 heteroatoms. The number of hydrogen-bond acceptors (Lipinski definition) is 6. The average Bonchev–Trinajstić information content (AvgIpc) is 3.22. The molecule has 1 atom stereocenters. The van der Waals surface area contributed by atoms with E-state index in [9.17, 15) is 4.79 Å². The standard InChI is InChI=1S/C19H30N6OS2/c1-13(2)18-9-17(14(3)27-18)21-19(26)22-28-25(16-10-20-24(5)12-16)15-7-6-8-23(4)11-15/h9-10,12-13,15H,6-8,11H2,1-5H3,(H2,21,22,26). The first-order valence-corrected chi connectivity index (χ1v) is 11.2. The minimum atomic E-state index is -0.209. The maximum Gasteiger partial charge on any atom is 0.330 e. The van der Waals surface area contributed by atoms with Crippen LogP contribution in [0.15, 0.2) is 18.5 Å². The fourth-order valence-electron chi connectivity index (χ4n) is 3.34. The van der Waals surface area contributed by atoms with Crippen LogP contribution in [0.3, 0.4) is 0 Å². The highest BCUT2D eigenvalue weighted by molar-refractivity contribution is 7.99. The molecule has 0 radical (unpaired) electrons. The Kier molecular flexibility index (Phi) is 6.90. The van der Waals surface area contributed by atoms with Crippen LogP contribution in [0.25, 0.3) is 0 Å². The van der Waals surface area contributed by atoms with Crippen LogP contribution in [-0.2, 0) is 7.05 Å². The number of rotatable bonds is 6. The van der Waals surface area contributed by atoms with Crippen LogP contribution in [0, 0.1) is 6.92 Å². The molecule has 2 amide bonds. The largest absolute Gasteiger partial charge is 0.330 e. The van der Waals surface area contributed by atoms with Gasteiger partial charge in [-0.25, -0.2) is 4.79 Å². The Hall–Kier alpha value is -1.71. The number of anilines is 2. The van der Waals surface area contributed by atoms with Gasteiger partial charge in [-0.1, -0.05) is 13.8 Å². The number of aromatic nitrogens is 2. The number of carbonyl (C=O) groups is 1. The normalized spacial score (nSPS) is 17.7. The lowest BCUT2D eigenvalue weighted by Gasteiger charge is -2.37. The second-order valence-electron chi connectivity index (χ2n) is 7.68. The van der Waals surface area contributed by atoms with Crippen LogP contribution in [-0.4, -0.2) is 46.9 Å². The summed E-state index contributed by atoms with van der Waals surface area (Å²) in [5.41, 5.74) is 1.89. The fourth-order valence-corrected chi connectivity index (χ4v) is 5.08. The third-order valence-corrected chi connectivity index (χ3v) is 7.20. The zero-order valence-electron chi connectivity index (χ0n) is 17.2. The number of nitrogens with zero attached hydrogens (tertiary/aromatic N) is 4. The van der Waals surface area contributed by atoms with Crippen molar-refractivity contribution in [3.05, 3.63) is 28.2 Å². The predicted octanol–water partition coefficient (Wildman–Crippen LogP) is 4.20. The monoisotopic (exact) mass is 422 g/mol. The molecule has 7 nitrogen and oxygen atoms in total. The van der Waals surface area contributed by atoms with E-state index in [1.54, 1.807) is 16.0 Å². The number of likely N-dealkylation sites (N-methyl/N-ethyl adjacent to an activating group) is 1. The van der Waals surface area contributed by atoms with Crippen molar-refractivity contribution in [2.45, 2.75) is 45.6 Å². The molecule has 154 valence electrons. The van der Waals surface area contributed by atoms with Crippen molar-refractivity contribution < 1.29 is 4.79 Å². The number of likely N-dealkylation sites (tertiary alicyclic amines) is 1. The molecule has 2 aromatic heterocycles. The number of thiophene rings is 1. The highest BCUT2D eigenvalue weighted by atomic mass is 32.2. The van der Waals surface area contributed by atoms with Gasteiger partial charge < -0.3 is 10.2 Å². The number of aryl methyl sites for hydroxylation is 2. The number of amides is 2. The lowest BCUT2D eigenvalue weighted by molar-refractivity contribution is 0.253. The van der Waals surface area contributed by atoms with Gasteiger partial charge in [0.05, 0.1) is 35.7 Å². The van der Waals surface area contributed by atoms with E-state index in [1.165, 1.54) is 17.0 Å². The Morgan fingerprint density at radius 3 is 2.82 bits per heavy atom. The molecule has 1 aliphatic heterocycles. The second kappa shape index (κ2) is 9.19. The van der Waals surface area contributed by atoms with Gasteiger partial charge in [0.1, 0.15) is 0 Å². The van der Waals surface area contributed by atoms with Gasteiger partial charge in [-0.05, 0) is 45.3 Å². The third-order valence-electron chi connectivity index (χ3n) is 4.87. The molecule has 1 fully saturated rings. The van der Waals surface area contributed by atoms with Crippen LogP contribution in [0.2, 0.25) is 0 Å². The van der Waals surface area contributed by atoms with Gasteiger partial charge in [-0.2, -0.15) is 5.10 Å². The third kappa shape index (κ3) is 5.21. The van der Waals surface area contributed by atoms with E-state index in [0.717, 1.165) is 42.2 Å². The molecule has 2 aromatic rings. The van der Waals surface area contributed by atoms with Gasteiger partial charge in [0, 0.05) is 29.5 Å². The summed E-state index contributed by atoms with van der Waals surface area (Å²) >= 11 is 3.07. The first-order valence-electron chi connectivity index (χ1n) is 9.64. The molecule has 1 unspecified atom stereocenters. The smallest absolute Gasteiger partial charge is 0.306 e.